The Morgan fingerprint density at radius 1 is 1.38 bits per heavy atom. The fourth-order valence-corrected chi connectivity index (χ4v) is 2.33. The maximum absolute atomic E-state index is 11.5. The summed E-state index contributed by atoms with van der Waals surface area (Å²) in [5.74, 6) is -7.80. The third-order valence-electron chi connectivity index (χ3n) is 3.51. The molecular formula is C11H19NO9. The van der Waals surface area contributed by atoms with Gasteiger partial charge in [0.05, 0.1) is 18.8 Å². The molecule has 0 bridgehead atoms. The second-order valence-corrected chi connectivity index (χ2v) is 4.98. The van der Waals surface area contributed by atoms with Gasteiger partial charge in [-0.15, -0.1) is 0 Å². The van der Waals surface area contributed by atoms with Crippen LogP contribution in [0.2, 0.25) is 0 Å². The average molecular weight is 309 g/mol. The molecular weight excluding hydrogens is 290 g/mol. The smallest absolute Gasteiger partial charge is 0.365 e. The van der Waals surface area contributed by atoms with Crippen LogP contribution in [0.25, 0.3) is 0 Å². The zero-order valence-corrected chi connectivity index (χ0v) is 11.2. The highest BCUT2D eigenvalue weighted by Gasteiger charge is 2.60. The van der Waals surface area contributed by atoms with Gasteiger partial charge in [0.25, 0.3) is 5.79 Å². The molecule has 0 spiro atoms. The Kier molecular flexibility index (Phi) is 5.39. The number of carboxylic acids is 1. The van der Waals surface area contributed by atoms with Gasteiger partial charge in [-0.1, -0.05) is 0 Å². The van der Waals surface area contributed by atoms with E-state index in [2.05, 4.69) is 0 Å². The molecule has 0 aromatic heterocycles. The van der Waals surface area contributed by atoms with Gasteiger partial charge in [-0.3, -0.25) is 4.79 Å². The van der Waals surface area contributed by atoms with Crippen LogP contribution in [-0.4, -0.2) is 85.2 Å². The van der Waals surface area contributed by atoms with Crippen LogP contribution in [0.4, 0.5) is 0 Å². The van der Waals surface area contributed by atoms with Crippen LogP contribution in [0.1, 0.15) is 6.92 Å². The molecule has 0 amide bonds. The summed E-state index contributed by atoms with van der Waals surface area (Å²) in [7, 11) is 0. The fraction of sp³-hybridized carbons (Fsp3) is 0.818. The zero-order chi connectivity index (χ0) is 16.5. The summed E-state index contributed by atoms with van der Waals surface area (Å²) in [5.41, 5.74) is 5.58. The molecule has 1 rings (SSSR count). The van der Waals surface area contributed by atoms with Crippen LogP contribution in [0.3, 0.4) is 0 Å². The van der Waals surface area contributed by atoms with Crippen LogP contribution in [-0.2, 0) is 14.3 Å². The van der Waals surface area contributed by atoms with Crippen molar-refractivity contribution in [3.63, 3.8) is 0 Å². The summed E-state index contributed by atoms with van der Waals surface area (Å²) in [6.07, 6.45) is -7.15. The molecule has 1 fully saturated rings. The summed E-state index contributed by atoms with van der Waals surface area (Å²) in [6, 6.07) is -1.46. The predicted molar refractivity (Wildman–Crippen MR) is 64.7 cm³/mol. The van der Waals surface area contributed by atoms with E-state index in [9.17, 15) is 30.0 Å². The molecule has 10 nitrogen and oxygen atoms in total. The molecule has 122 valence electrons. The number of ether oxygens (including phenoxy) is 1. The first-order chi connectivity index (χ1) is 9.57. The number of Topliss-reactive ketones (excluding diaryl/α,β-unsaturated/α-hetero) is 1. The molecule has 0 aromatic carbocycles. The Morgan fingerprint density at radius 3 is 2.29 bits per heavy atom. The number of aliphatic hydroxyl groups is 5. The third kappa shape index (κ3) is 3.06. The van der Waals surface area contributed by atoms with Crippen LogP contribution >= 0.6 is 0 Å². The lowest BCUT2D eigenvalue weighted by molar-refractivity contribution is -0.311. The van der Waals surface area contributed by atoms with Gasteiger partial charge in [0, 0.05) is 0 Å². The topological polar surface area (TPSA) is 191 Å². The number of carboxylic acid groups (broad SMARTS) is 1. The van der Waals surface area contributed by atoms with Gasteiger partial charge in [-0.25, -0.2) is 4.79 Å². The van der Waals surface area contributed by atoms with Gasteiger partial charge in [-0.05, 0) is 6.92 Å². The Bertz CT molecular complexity index is 416. The van der Waals surface area contributed by atoms with Gasteiger partial charge in [0.15, 0.2) is 0 Å². The summed E-state index contributed by atoms with van der Waals surface area (Å²) in [6.45, 7) is 0.0582. The minimum Gasteiger partial charge on any atom is -0.477 e. The molecule has 0 saturated carbocycles. The Morgan fingerprint density at radius 2 is 1.90 bits per heavy atom. The summed E-state index contributed by atoms with van der Waals surface area (Å²) >= 11 is 0. The molecule has 0 aromatic rings. The number of ketones is 1. The Hall–Kier alpha value is -1.14. The fourth-order valence-electron chi connectivity index (χ4n) is 2.33. The van der Waals surface area contributed by atoms with E-state index in [1.54, 1.807) is 0 Å². The monoisotopic (exact) mass is 309 g/mol. The molecule has 1 aliphatic rings. The molecule has 8 N–H and O–H groups in total. The van der Waals surface area contributed by atoms with Gasteiger partial charge >= 0.3 is 5.97 Å². The lowest BCUT2D eigenvalue weighted by atomic mass is 9.79. The van der Waals surface area contributed by atoms with Crippen molar-refractivity contribution in [2.24, 2.45) is 11.7 Å². The Balaban J connectivity index is 3.19. The largest absolute Gasteiger partial charge is 0.477 e. The first-order valence-electron chi connectivity index (χ1n) is 6.12. The highest BCUT2D eigenvalue weighted by Crippen LogP contribution is 2.35. The molecule has 1 saturated heterocycles. The van der Waals surface area contributed by atoms with Crippen molar-refractivity contribution in [1.82, 2.24) is 0 Å². The summed E-state index contributed by atoms with van der Waals surface area (Å²) in [5, 5.41) is 56.9. The lowest BCUT2D eigenvalue weighted by Crippen LogP contribution is -2.71. The number of hydrogen-bond donors (Lipinski definition) is 7. The van der Waals surface area contributed by atoms with Gasteiger partial charge in [-0.2, -0.15) is 0 Å². The number of nitrogens with two attached hydrogens (primary N) is 1. The zero-order valence-electron chi connectivity index (χ0n) is 11.2. The first-order valence-corrected chi connectivity index (χ1v) is 6.12. The number of aliphatic hydroxyl groups excluding tert-OH is 4. The number of rotatable bonds is 5. The van der Waals surface area contributed by atoms with Crippen LogP contribution < -0.4 is 5.73 Å². The highest BCUT2D eigenvalue weighted by atomic mass is 16.7. The van der Waals surface area contributed by atoms with E-state index in [4.69, 9.17) is 20.7 Å². The maximum atomic E-state index is 11.5. The second kappa shape index (κ2) is 6.32. The van der Waals surface area contributed by atoms with E-state index in [1.165, 1.54) is 0 Å². The molecule has 21 heavy (non-hydrogen) atoms. The SMILES string of the molecule is CC(=O)C1[C@H](O)[C@@H](N)[C@H]([C@H](O)[C@H](O)CO)O[C@@]1(O)C(=O)O. The molecule has 7 atom stereocenters. The van der Waals surface area contributed by atoms with E-state index >= 15 is 0 Å². The third-order valence-corrected chi connectivity index (χ3v) is 3.51. The maximum Gasteiger partial charge on any atom is 0.365 e. The number of aliphatic carboxylic acids is 1. The molecule has 0 radical (unpaired) electrons. The van der Waals surface area contributed by atoms with Crippen LogP contribution in [0.5, 0.6) is 0 Å². The Labute approximate surface area is 119 Å². The van der Waals surface area contributed by atoms with Crippen LogP contribution in [0, 0.1) is 5.92 Å². The van der Waals surface area contributed by atoms with Gasteiger partial charge in [0.1, 0.15) is 30.0 Å². The molecule has 0 aliphatic carbocycles. The minimum absolute atomic E-state index is 0.876. The highest BCUT2D eigenvalue weighted by molar-refractivity contribution is 5.88. The van der Waals surface area contributed by atoms with Crippen molar-refractivity contribution >= 4 is 11.8 Å². The predicted octanol–water partition coefficient (Wildman–Crippen LogP) is -4.23. The summed E-state index contributed by atoms with van der Waals surface area (Å²) in [4.78, 5) is 22.6. The number of carbonyl (C=O) groups excluding carboxylic acids is 1. The molecule has 1 unspecified atom stereocenters. The summed E-state index contributed by atoms with van der Waals surface area (Å²) < 4.78 is 4.81. The molecule has 1 heterocycles. The molecule has 1 aliphatic heterocycles. The quantitative estimate of drug-likeness (QED) is 0.262. The van der Waals surface area contributed by atoms with Gasteiger partial charge < -0.3 is 41.1 Å². The minimum atomic E-state index is -3.11. The van der Waals surface area contributed by atoms with E-state index in [0.717, 1.165) is 6.92 Å². The van der Waals surface area contributed by atoms with E-state index < -0.39 is 60.5 Å². The second-order valence-electron chi connectivity index (χ2n) is 4.98. The van der Waals surface area contributed by atoms with Crippen molar-refractivity contribution in [2.75, 3.05) is 6.61 Å². The lowest BCUT2D eigenvalue weighted by Gasteiger charge is -2.47. The van der Waals surface area contributed by atoms with Crippen molar-refractivity contribution < 1.29 is 45.0 Å². The van der Waals surface area contributed by atoms with Crippen LogP contribution in [0.15, 0.2) is 0 Å². The van der Waals surface area contributed by atoms with Gasteiger partial charge in [0.2, 0.25) is 0 Å². The normalized spacial score (nSPS) is 39.6. The number of hydrogen-bond acceptors (Lipinski definition) is 9. The first kappa shape index (κ1) is 17.9. The van der Waals surface area contributed by atoms with E-state index in [-0.39, 0.29) is 0 Å². The molecule has 10 heteroatoms. The van der Waals surface area contributed by atoms with Crippen molar-refractivity contribution in [1.29, 1.82) is 0 Å². The standard InChI is InChI=1S/C11H19NO9/c1-3(14)5-8(17)6(12)9(7(16)4(15)2-13)21-11(5,20)10(18)19/h4-9,13,15-17,20H,2,12H2,1H3,(H,18,19)/t4-,5?,6-,7-,8+,9-,11-/m1/s1. The van der Waals surface area contributed by atoms with E-state index in [1.807, 2.05) is 0 Å². The van der Waals surface area contributed by atoms with Crippen molar-refractivity contribution in [3.8, 4) is 0 Å². The van der Waals surface area contributed by atoms with E-state index in [0.29, 0.717) is 0 Å². The van der Waals surface area contributed by atoms with Crippen molar-refractivity contribution in [2.45, 2.75) is 43.2 Å². The van der Waals surface area contributed by atoms with Crippen molar-refractivity contribution in [3.05, 3.63) is 0 Å². The average Bonchev–Trinajstić information content (AvgIpc) is 2.40. The number of carbonyl (C=O) groups is 2.